The lowest BCUT2D eigenvalue weighted by atomic mass is 9.96. The maximum Gasteiger partial charge on any atom is 0.326 e. The van der Waals surface area contributed by atoms with Crippen LogP contribution >= 0.6 is 0 Å². The van der Waals surface area contributed by atoms with Crippen molar-refractivity contribution in [2.75, 3.05) is 13.1 Å². The Bertz CT molecular complexity index is 664. The lowest BCUT2D eigenvalue weighted by Gasteiger charge is -2.32. The van der Waals surface area contributed by atoms with Crippen LogP contribution in [0.3, 0.4) is 0 Å². The first-order valence-corrected chi connectivity index (χ1v) is 10.2. The molecule has 1 saturated heterocycles. The predicted octanol–water partition coefficient (Wildman–Crippen LogP) is 2.39. The van der Waals surface area contributed by atoms with Gasteiger partial charge in [0, 0.05) is 32.0 Å². The molecule has 0 spiro atoms. The van der Waals surface area contributed by atoms with Crippen molar-refractivity contribution < 1.29 is 14.7 Å². The van der Waals surface area contributed by atoms with Crippen LogP contribution in [0, 0.1) is 5.92 Å². The Balaban J connectivity index is 1.56. The Morgan fingerprint density at radius 2 is 1.89 bits per heavy atom. The summed E-state index contributed by atoms with van der Waals surface area (Å²) in [6.07, 6.45) is 6.71. The van der Waals surface area contributed by atoms with Gasteiger partial charge in [-0.25, -0.2) is 9.59 Å². The molecule has 8 nitrogen and oxygen atoms in total. The predicted molar refractivity (Wildman–Crippen MR) is 101 cm³/mol. The van der Waals surface area contributed by atoms with E-state index in [9.17, 15) is 14.7 Å². The van der Waals surface area contributed by atoms with Crippen molar-refractivity contribution in [1.82, 2.24) is 25.0 Å². The third kappa shape index (κ3) is 4.78. The number of nitrogens with zero attached hydrogens (tertiary/aromatic N) is 4. The first kappa shape index (κ1) is 19.6. The number of urea groups is 1. The maximum atomic E-state index is 12.5. The molecule has 150 valence electrons. The summed E-state index contributed by atoms with van der Waals surface area (Å²) in [5.41, 5.74) is 0. The van der Waals surface area contributed by atoms with Gasteiger partial charge in [-0.3, -0.25) is 0 Å². The average molecular weight is 377 g/mol. The molecule has 1 aromatic rings. The van der Waals surface area contributed by atoms with Gasteiger partial charge in [-0.15, -0.1) is 10.2 Å². The van der Waals surface area contributed by atoms with E-state index in [1.54, 1.807) is 4.90 Å². The lowest BCUT2D eigenvalue weighted by molar-refractivity contribution is -0.139. The van der Waals surface area contributed by atoms with E-state index in [4.69, 9.17) is 0 Å². The zero-order valence-electron chi connectivity index (χ0n) is 16.4. The van der Waals surface area contributed by atoms with Gasteiger partial charge >= 0.3 is 12.0 Å². The van der Waals surface area contributed by atoms with Gasteiger partial charge in [-0.1, -0.05) is 20.3 Å². The number of carbonyl (C=O) groups excluding carboxylic acids is 1. The number of carboxylic acid groups (broad SMARTS) is 1. The van der Waals surface area contributed by atoms with Crippen LogP contribution in [-0.4, -0.2) is 55.9 Å². The molecule has 0 aliphatic carbocycles. The molecular weight excluding hydrogens is 346 g/mol. The molecule has 2 aliphatic heterocycles. The van der Waals surface area contributed by atoms with Crippen molar-refractivity contribution in [1.29, 1.82) is 0 Å². The molecule has 1 aromatic heterocycles. The second kappa shape index (κ2) is 8.71. The van der Waals surface area contributed by atoms with Crippen LogP contribution in [0.4, 0.5) is 4.79 Å². The third-order valence-corrected chi connectivity index (χ3v) is 5.59. The topological polar surface area (TPSA) is 100 Å². The number of aryl methyl sites for hydroxylation is 1. The van der Waals surface area contributed by atoms with Crippen LogP contribution in [0.2, 0.25) is 0 Å². The van der Waals surface area contributed by atoms with E-state index in [-0.39, 0.29) is 11.9 Å². The minimum atomic E-state index is -0.974. The standard InChI is InChI=1S/C19H31N5O3/c1-13(2)12-15(18(25)26)20-19(27)23-10-7-14(8-11-23)17-22-21-16-6-4-3-5-9-24(16)17/h13-15H,3-12H2,1-2H3,(H,20,27)(H,25,26). The molecule has 1 atom stereocenters. The molecule has 2 aliphatic rings. The molecule has 1 fully saturated rings. The molecule has 2 N–H and O–H groups in total. The SMILES string of the molecule is CC(C)CC(NC(=O)N1CCC(c2nnc3n2CCCCC3)CC1)C(=O)O. The number of rotatable bonds is 5. The Hall–Kier alpha value is -2.12. The Morgan fingerprint density at radius 1 is 1.15 bits per heavy atom. The first-order chi connectivity index (χ1) is 13.0. The second-order valence-corrected chi connectivity index (χ2v) is 8.17. The number of nitrogens with one attached hydrogen (secondary N) is 1. The second-order valence-electron chi connectivity index (χ2n) is 8.17. The van der Waals surface area contributed by atoms with Gasteiger partial charge < -0.3 is 19.9 Å². The van der Waals surface area contributed by atoms with E-state index in [1.807, 2.05) is 13.8 Å². The van der Waals surface area contributed by atoms with E-state index in [0.29, 0.717) is 25.4 Å². The summed E-state index contributed by atoms with van der Waals surface area (Å²) in [6, 6.07) is -1.11. The van der Waals surface area contributed by atoms with E-state index in [0.717, 1.165) is 37.5 Å². The smallest absolute Gasteiger partial charge is 0.326 e. The highest BCUT2D eigenvalue weighted by atomic mass is 16.4. The normalized spacial score (nSPS) is 19.4. The van der Waals surface area contributed by atoms with E-state index in [2.05, 4.69) is 20.1 Å². The summed E-state index contributed by atoms with van der Waals surface area (Å²) in [5.74, 6) is 1.72. The molecule has 2 amide bonds. The van der Waals surface area contributed by atoms with E-state index in [1.165, 1.54) is 19.3 Å². The van der Waals surface area contributed by atoms with Gasteiger partial charge in [0.2, 0.25) is 0 Å². The van der Waals surface area contributed by atoms with Crippen LogP contribution in [0.1, 0.15) is 69.9 Å². The number of hydrogen-bond acceptors (Lipinski definition) is 4. The molecule has 0 aromatic carbocycles. The molecule has 0 radical (unpaired) electrons. The monoisotopic (exact) mass is 377 g/mol. The number of fused-ring (bicyclic) bond motifs is 1. The minimum absolute atomic E-state index is 0.209. The number of piperidine rings is 1. The first-order valence-electron chi connectivity index (χ1n) is 10.2. The van der Waals surface area contributed by atoms with Crippen LogP contribution in [0.5, 0.6) is 0 Å². The molecule has 3 rings (SSSR count). The Morgan fingerprint density at radius 3 is 2.56 bits per heavy atom. The number of carbonyl (C=O) groups is 2. The summed E-state index contributed by atoms with van der Waals surface area (Å²) < 4.78 is 2.29. The zero-order chi connectivity index (χ0) is 19.4. The number of carboxylic acids is 1. The minimum Gasteiger partial charge on any atom is -0.480 e. The molecule has 0 bridgehead atoms. The van der Waals surface area contributed by atoms with Crippen molar-refractivity contribution in [2.24, 2.45) is 5.92 Å². The maximum absolute atomic E-state index is 12.5. The van der Waals surface area contributed by atoms with Crippen molar-refractivity contribution >= 4 is 12.0 Å². The summed E-state index contributed by atoms with van der Waals surface area (Å²) in [5, 5.41) is 20.8. The molecule has 0 saturated carbocycles. The molecule has 27 heavy (non-hydrogen) atoms. The summed E-state index contributed by atoms with van der Waals surface area (Å²) in [6.45, 7) is 6.14. The number of amides is 2. The summed E-state index contributed by atoms with van der Waals surface area (Å²) in [7, 11) is 0. The quantitative estimate of drug-likeness (QED) is 0.821. The third-order valence-electron chi connectivity index (χ3n) is 5.59. The molecular formula is C19H31N5O3. The fourth-order valence-corrected chi connectivity index (χ4v) is 4.08. The van der Waals surface area contributed by atoms with Gasteiger partial charge in [0.15, 0.2) is 0 Å². The van der Waals surface area contributed by atoms with E-state index < -0.39 is 12.0 Å². The van der Waals surface area contributed by atoms with Gasteiger partial charge in [0.25, 0.3) is 0 Å². The summed E-state index contributed by atoms with van der Waals surface area (Å²) in [4.78, 5) is 25.6. The average Bonchev–Trinajstić information content (AvgIpc) is 2.89. The lowest BCUT2D eigenvalue weighted by Crippen LogP contribution is -2.50. The highest BCUT2D eigenvalue weighted by Gasteiger charge is 2.30. The number of likely N-dealkylation sites (tertiary alicyclic amines) is 1. The zero-order valence-corrected chi connectivity index (χ0v) is 16.4. The number of hydrogen-bond donors (Lipinski definition) is 2. The van der Waals surface area contributed by atoms with Gasteiger partial charge in [0.1, 0.15) is 17.7 Å². The van der Waals surface area contributed by atoms with Crippen LogP contribution in [0.15, 0.2) is 0 Å². The van der Waals surface area contributed by atoms with Crippen LogP contribution < -0.4 is 5.32 Å². The Labute approximate surface area is 160 Å². The van der Waals surface area contributed by atoms with Crippen molar-refractivity contribution in [3.63, 3.8) is 0 Å². The molecule has 8 heteroatoms. The molecule has 3 heterocycles. The summed E-state index contributed by atoms with van der Waals surface area (Å²) >= 11 is 0. The van der Waals surface area contributed by atoms with Crippen LogP contribution in [-0.2, 0) is 17.8 Å². The fourth-order valence-electron chi connectivity index (χ4n) is 4.08. The van der Waals surface area contributed by atoms with Crippen molar-refractivity contribution in [2.45, 2.75) is 77.3 Å². The van der Waals surface area contributed by atoms with Crippen molar-refractivity contribution in [3.05, 3.63) is 11.6 Å². The highest BCUT2D eigenvalue weighted by Crippen LogP contribution is 2.29. The largest absolute Gasteiger partial charge is 0.480 e. The Kier molecular flexibility index (Phi) is 6.34. The van der Waals surface area contributed by atoms with Gasteiger partial charge in [-0.2, -0.15) is 0 Å². The van der Waals surface area contributed by atoms with E-state index >= 15 is 0 Å². The highest BCUT2D eigenvalue weighted by molar-refractivity contribution is 5.82. The number of aromatic nitrogens is 3. The molecule has 1 unspecified atom stereocenters. The van der Waals surface area contributed by atoms with Gasteiger partial charge in [-0.05, 0) is 38.0 Å². The fraction of sp³-hybridized carbons (Fsp3) is 0.789. The van der Waals surface area contributed by atoms with Crippen LogP contribution in [0.25, 0.3) is 0 Å². The number of aliphatic carboxylic acids is 1. The van der Waals surface area contributed by atoms with Gasteiger partial charge in [0.05, 0.1) is 0 Å². The van der Waals surface area contributed by atoms with Crippen molar-refractivity contribution in [3.8, 4) is 0 Å².